The van der Waals surface area contributed by atoms with Crippen LogP contribution in [0.2, 0.25) is 0 Å². The summed E-state index contributed by atoms with van der Waals surface area (Å²) in [6.45, 7) is 16.8. The highest BCUT2D eigenvalue weighted by Crippen LogP contribution is 2.36. The average molecular weight is 621 g/mol. The van der Waals surface area contributed by atoms with Crippen LogP contribution in [0, 0.1) is 35.5 Å². The first-order valence-corrected chi connectivity index (χ1v) is 16.9. The van der Waals surface area contributed by atoms with E-state index in [1.54, 1.807) is 0 Å². The third-order valence-corrected chi connectivity index (χ3v) is 9.44. The summed E-state index contributed by atoms with van der Waals surface area (Å²) < 4.78 is 0. The summed E-state index contributed by atoms with van der Waals surface area (Å²) in [6, 6.07) is 0. The van der Waals surface area contributed by atoms with Crippen molar-refractivity contribution < 1.29 is 24.3 Å². The third kappa shape index (κ3) is 14.4. The molecule has 0 saturated heterocycles. The third-order valence-electron chi connectivity index (χ3n) is 9.44. The Hall–Kier alpha value is -2.92. The van der Waals surface area contributed by atoms with Gasteiger partial charge in [0.25, 0.3) is 0 Å². The van der Waals surface area contributed by atoms with Crippen LogP contribution in [0.25, 0.3) is 0 Å². The fourth-order valence-corrected chi connectivity index (χ4v) is 6.65. The van der Waals surface area contributed by atoms with Gasteiger partial charge in [0, 0.05) is 17.8 Å². The molecule has 2 aliphatic carbocycles. The lowest BCUT2D eigenvalue weighted by Crippen LogP contribution is -2.35. The summed E-state index contributed by atoms with van der Waals surface area (Å²) in [7, 11) is 0. The highest BCUT2D eigenvalue weighted by atomic mass is 16.3. The molecule has 2 rings (SSSR count). The van der Waals surface area contributed by atoms with Crippen LogP contribution in [0.3, 0.4) is 0 Å². The highest BCUT2D eigenvalue weighted by molar-refractivity contribution is 5.82. The molecule has 0 amide bonds. The smallest absolute Gasteiger partial charge is 0.146 e. The second-order valence-electron chi connectivity index (χ2n) is 13.8. The fraction of sp³-hybridized carbons (Fsp3) is 0.600. The summed E-state index contributed by atoms with van der Waals surface area (Å²) in [5.74, 6) is -0.163. The summed E-state index contributed by atoms with van der Waals surface area (Å²) in [6.07, 6.45) is 23.1. The van der Waals surface area contributed by atoms with Crippen LogP contribution in [0.15, 0.2) is 69.9 Å². The Balaban J connectivity index is 0.000000450. The van der Waals surface area contributed by atoms with Crippen molar-refractivity contribution in [3.8, 4) is 0 Å². The van der Waals surface area contributed by atoms with Gasteiger partial charge < -0.3 is 14.7 Å². The Labute approximate surface area is 273 Å². The van der Waals surface area contributed by atoms with Gasteiger partial charge in [0.15, 0.2) is 0 Å². The Morgan fingerprint density at radius 3 is 1.73 bits per heavy atom. The molecule has 0 radical (unpaired) electrons. The molecule has 5 nitrogen and oxygen atoms in total. The van der Waals surface area contributed by atoms with Crippen molar-refractivity contribution in [2.75, 3.05) is 0 Å². The number of allylic oxidation sites excluding steroid dienone is 11. The minimum absolute atomic E-state index is 0.157. The van der Waals surface area contributed by atoms with E-state index >= 15 is 0 Å². The number of aldehydes is 4. The molecule has 45 heavy (non-hydrogen) atoms. The molecule has 0 fully saturated rings. The molecule has 7 atom stereocenters. The minimum Gasteiger partial charge on any atom is -0.392 e. The topological polar surface area (TPSA) is 88.5 Å². The first kappa shape index (κ1) is 40.1. The van der Waals surface area contributed by atoms with Crippen LogP contribution in [-0.2, 0) is 19.2 Å². The van der Waals surface area contributed by atoms with E-state index in [1.165, 1.54) is 16.7 Å². The standard InChI is InChI=1S/C20H30O3.C20H30O2/c1-14(2)7-5-9-16(4)20-18(13-22)17(12-21)10-6-8-15(3)11-19(20)23;1-15(2)7-5-9-17(4)19-12-11-16(3)8-6-10-18(13-21)20(19)14-22/h7-8,10,12-13,16,18-20,23H,5-6,9,11H2,1-4H3;7-8,10,13-14,17,19-20H,5-6,9,11-12H2,1-4H3/b15-8+,17-10-;16-8+,18-10-/t16-,18-,19?,20+;17-,19+,20-/m11/s1. The molecule has 1 unspecified atom stereocenters. The van der Waals surface area contributed by atoms with Gasteiger partial charge in [-0.15, -0.1) is 0 Å². The number of aliphatic hydroxyl groups is 1. The maximum absolute atomic E-state index is 11.7. The predicted octanol–water partition coefficient (Wildman–Crippen LogP) is 9.08. The van der Waals surface area contributed by atoms with Crippen LogP contribution in [0.1, 0.15) is 113 Å². The molecule has 5 heteroatoms. The zero-order valence-corrected chi connectivity index (χ0v) is 29.3. The van der Waals surface area contributed by atoms with Crippen molar-refractivity contribution in [2.24, 2.45) is 35.5 Å². The van der Waals surface area contributed by atoms with E-state index in [0.29, 0.717) is 29.9 Å². The van der Waals surface area contributed by atoms with Crippen molar-refractivity contribution in [3.63, 3.8) is 0 Å². The van der Waals surface area contributed by atoms with Crippen molar-refractivity contribution in [3.05, 3.63) is 69.9 Å². The number of rotatable bonds is 12. The Bertz CT molecular complexity index is 1140. The van der Waals surface area contributed by atoms with Crippen molar-refractivity contribution in [1.82, 2.24) is 0 Å². The van der Waals surface area contributed by atoms with Crippen LogP contribution in [0.4, 0.5) is 0 Å². The van der Waals surface area contributed by atoms with Gasteiger partial charge in [-0.05, 0) is 128 Å². The van der Waals surface area contributed by atoms with E-state index in [2.05, 4.69) is 66.7 Å². The van der Waals surface area contributed by atoms with Gasteiger partial charge in [-0.3, -0.25) is 9.59 Å². The first-order chi connectivity index (χ1) is 21.4. The van der Waals surface area contributed by atoms with E-state index in [9.17, 15) is 24.3 Å². The quantitative estimate of drug-likeness (QED) is 0.174. The van der Waals surface area contributed by atoms with Crippen molar-refractivity contribution in [1.29, 1.82) is 0 Å². The van der Waals surface area contributed by atoms with E-state index in [4.69, 9.17) is 0 Å². The second-order valence-corrected chi connectivity index (χ2v) is 13.8. The number of carbonyl (C=O) groups excluding carboxylic acids is 4. The molecular weight excluding hydrogens is 560 g/mol. The molecule has 0 bridgehead atoms. The van der Waals surface area contributed by atoms with Gasteiger partial charge in [0.2, 0.25) is 0 Å². The molecule has 1 N–H and O–H groups in total. The largest absolute Gasteiger partial charge is 0.392 e. The lowest BCUT2D eigenvalue weighted by atomic mass is 9.73. The van der Waals surface area contributed by atoms with Gasteiger partial charge >= 0.3 is 0 Å². The summed E-state index contributed by atoms with van der Waals surface area (Å²) in [4.78, 5) is 46.2. The zero-order valence-electron chi connectivity index (χ0n) is 29.3. The predicted molar refractivity (Wildman–Crippen MR) is 187 cm³/mol. The fourth-order valence-electron chi connectivity index (χ4n) is 6.65. The second kappa shape index (κ2) is 21.8. The maximum Gasteiger partial charge on any atom is 0.146 e. The summed E-state index contributed by atoms with van der Waals surface area (Å²) in [5, 5.41) is 10.7. The van der Waals surface area contributed by atoms with Gasteiger partial charge in [-0.2, -0.15) is 0 Å². The van der Waals surface area contributed by atoms with E-state index in [1.807, 2.05) is 25.2 Å². The van der Waals surface area contributed by atoms with Gasteiger partial charge in [0.05, 0.1) is 6.10 Å². The van der Waals surface area contributed by atoms with Crippen LogP contribution in [-0.4, -0.2) is 36.4 Å². The van der Waals surface area contributed by atoms with E-state index in [0.717, 1.165) is 75.7 Å². The highest BCUT2D eigenvalue weighted by Gasteiger charge is 2.35. The lowest BCUT2D eigenvalue weighted by molar-refractivity contribution is -0.116. The van der Waals surface area contributed by atoms with Gasteiger partial charge in [-0.1, -0.05) is 72.6 Å². The molecular formula is C40H60O5. The molecule has 0 heterocycles. The van der Waals surface area contributed by atoms with E-state index < -0.39 is 12.0 Å². The summed E-state index contributed by atoms with van der Waals surface area (Å²) >= 11 is 0. The molecule has 250 valence electrons. The molecule has 0 aromatic rings. The number of aliphatic hydroxyl groups excluding tert-OH is 1. The number of hydrogen-bond acceptors (Lipinski definition) is 5. The Morgan fingerprint density at radius 1 is 0.756 bits per heavy atom. The Kier molecular flexibility index (Phi) is 19.4. The molecule has 0 spiro atoms. The van der Waals surface area contributed by atoms with Crippen LogP contribution < -0.4 is 0 Å². The zero-order chi connectivity index (χ0) is 33.9. The minimum atomic E-state index is -0.607. The summed E-state index contributed by atoms with van der Waals surface area (Å²) in [5.41, 5.74) is 6.23. The number of carbonyl (C=O) groups is 4. The normalized spacial score (nSPS) is 30.0. The Morgan fingerprint density at radius 2 is 1.24 bits per heavy atom. The van der Waals surface area contributed by atoms with Crippen LogP contribution >= 0.6 is 0 Å². The SMILES string of the molecule is CC(C)=CCC[C@@H](C)[C@@H]1C(O)C/C(C)=C/C/C=C(/C=O)[C@H]1C=O.CC(C)=CCC[C@@H](C)[C@@H]1CC/C(C)=C/C/C=C(/C=O)[C@H]1C=O. The number of hydrogen-bond donors (Lipinski definition) is 1. The molecule has 0 aromatic heterocycles. The molecule has 0 aromatic carbocycles. The van der Waals surface area contributed by atoms with Gasteiger partial charge in [-0.25, -0.2) is 0 Å². The molecule has 0 aliphatic heterocycles. The van der Waals surface area contributed by atoms with Crippen molar-refractivity contribution >= 4 is 25.1 Å². The van der Waals surface area contributed by atoms with Crippen molar-refractivity contribution in [2.45, 2.75) is 119 Å². The first-order valence-electron chi connectivity index (χ1n) is 16.9. The monoisotopic (exact) mass is 620 g/mol. The van der Waals surface area contributed by atoms with E-state index in [-0.39, 0.29) is 23.7 Å². The molecule has 0 saturated carbocycles. The molecule has 2 aliphatic rings. The lowest BCUT2D eigenvalue weighted by Gasteiger charge is -2.33. The maximum atomic E-state index is 11.7. The average Bonchev–Trinajstić information content (AvgIpc) is 3.10. The van der Waals surface area contributed by atoms with Gasteiger partial charge in [0.1, 0.15) is 25.1 Å². The van der Waals surface area contributed by atoms with Crippen LogP contribution in [0.5, 0.6) is 0 Å².